The number of aliphatic hydroxyl groups is 1. The Morgan fingerprint density at radius 1 is 1.21 bits per heavy atom. The Kier molecular flexibility index (Phi) is 5.35. The Balaban J connectivity index is 4.21. The van der Waals surface area contributed by atoms with E-state index in [0.717, 1.165) is 12.8 Å². The highest BCUT2D eigenvalue weighted by atomic mass is 16.3. The fourth-order valence-electron chi connectivity index (χ4n) is 1.46. The summed E-state index contributed by atoms with van der Waals surface area (Å²) < 4.78 is 0. The predicted molar refractivity (Wildman–Crippen MR) is 59.2 cm³/mol. The standard InChI is InChI=1S/C12H24O2/c1-6-9(7-2)8-10(13)11(14)12(3,4)5/h9,11,14H,6-8H2,1-5H3. The van der Waals surface area contributed by atoms with Gasteiger partial charge in [0.25, 0.3) is 0 Å². The lowest BCUT2D eigenvalue weighted by atomic mass is 9.83. The minimum Gasteiger partial charge on any atom is -0.385 e. The third kappa shape index (κ3) is 4.23. The Labute approximate surface area is 87.7 Å². The van der Waals surface area contributed by atoms with Crippen LogP contribution in [-0.4, -0.2) is 17.0 Å². The minimum absolute atomic E-state index is 0.00815. The highest BCUT2D eigenvalue weighted by molar-refractivity contribution is 5.83. The van der Waals surface area contributed by atoms with Crippen molar-refractivity contribution in [3.05, 3.63) is 0 Å². The third-order valence-corrected chi connectivity index (χ3v) is 2.77. The van der Waals surface area contributed by atoms with Gasteiger partial charge in [-0.15, -0.1) is 0 Å². The zero-order chi connectivity index (χ0) is 11.4. The highest BCUT2D eigenvalue weighted by Gasteiger charge is 2.29. The van der Waals surface area contributed by atoms with Gasteiger partial charge in [0.1, 0.15) is 6.10 Å². The van der Waals surface area contributed by atoms with Crippen molar-refractivity contribution in [3.8, 4) is 0 Å². The van der Waals surface area contributed by atoms with Crippen LogP contribution in [0.1, 0.15) is 53.9 Å². The average molecular weight is 200 g/mol. The SMILES string of the molecule is CCC(CC)CC(=O)C(O)C(C)(C)C. The molecular weight excluding hydrogens is 176 g/mol. The van der Waals surface area contributed by atoms with Gasteiger partial charge < -0.3 is 5.11 Å². The molecule has 0 saturated heterocycles. The lowest BCUT2D eigenvalue weighted by Crippen LogP contribution is -2.35. The first-order valence-corrected chi connectivity index (χ1v) is 5.53. The highest BCUT2D eigenvalue weighted by Crippen LogP contribution is 2.23. The van der Waals surface area contributed by atoms with Crippen molar-refractivity contribution in [2.75, 3.05) is 0 Å². The van der Waals surface area contributed by atoms with Gasteiger partial charge in [-0.1, -0.05) is 47.5 Å². The van der Waals surface area contributed by atoms with Crippen LogP contribution in [0.4, 0.5) is 0 Å². The molecule has 84 valence electrons. The zero-order valence-corrected chi connectivity index (χ0v) is 10.1. The van der Waals surface area contributed by atoms with Crippen molar-refractivity contribution in [2.24, 2.45) is 11.3 Å². The molecule has 0 fully saturated rings. The van der Waals surface area contributed by atoms with Crippen LogP contribution in [0.5, 0.6) is 0 Å². The smallest absolute Gasteiger partial charge is 0.162 e. The Morgan fingerprint density at radius 2 is 1.64 bits per heavy atom. The van der Waals surface area contributed by atoms with E-state index in [2.05, 4.69) is 13.8 Å². The summed E-state index contributed by atoms with van der Waals surface area (Å²) in [7, 11) is 0. The molecule has 2 nitrogen and oxygen atoms in total. The van der Waals surface area contributed by atoms with Crippen molar-refractivity contribution >= 4 is 5.78 Å². The second kappa shape index (κ2) is 5.50. The van der Waals surface area contributed by atoms with Crippen LogP contribution < -0.4 is 0 Å². The summed E-state index contributed by atoms with van der Waals surface area (Å²) in [6, 6.07) is 0. The molecular formula is C12H24O2. The molecule has 0 aliphatic carbocycles. The topological polar surface area (TPSA) is 37.3 Å². The second-order valence-corrected chi connectivity index (χ2v) is 5.12. The Bertz CT molecular complexity index is 175. The van der Waals surface area contributed by atoms with Gasteiger partial charge in [-0.05, 0) is 11.3 Å². The molecule has 0 heterocycles. The van der Waals surface area contributed by atoms with Gasteiger partial charge in [0.15, 0.2) is 5.78 Å². The zero-order valence-electron chi connectivity index (χ0n) is 10.1. The maximum absolute atomic E-state index is 11.7. The van der Waals surface area contributed by atoms with E-state index in [4.69, 9.17) is 0 Å². The van der Waals surface area contributed by atoms with Crippen LogP contribution in [0.25, 0.3) is 0 Å². The van der Waals surface area contributed by atoms with Gasteiger partial charge in [0.2, 0.25) is 0 Å². The van der Waals surface area contributed by atoms with Crippen molar-refractivity contribution in [1.82, 2.24) is 0 Å². The average Bonchev–Trinajstić information content (AvgIpc) is 2.11. The normalized spacial score (nSPS) is 14.5. The quantitative estimate of drug-likeness (QED) is 0.741. The van der Waals surface area contributed by atoms with Gasteiger partial charge in [-0.2, -0.15) is 0 Å². The molecule has 0 aromatic rings. The summed E-state index contributed by atoms with van der Waals surface area (Å²) in [5, 5.41) is 9.74. The second-order valence-electron chi connectivity index (χ2n) is 5.12. The van der Waals surface area contributed by atoms with E-state index in [1.807, 2.05) is 20.8 Å². The number of Topliss-reactive ketones (excluding diaryl/α,β-unsaturated/α-hetero) is 1. The number of rotatable bonds is 5. The number of hydrogen-bond donors (Lipinski definition) is 1. The van der Waals surface area contributed by atoms with Gasteiger partial charge >= 0.3 is 0 Å². The fraction of sp³-hybridized carbons (Fsp3) is 0.917. The monoisotopic (exact) mass is 200 g/mol. The van der Waals surface area contributed by atoms with Crippen molar-refractivity contribution in [1.29, 1.82) is 0 Å². The third-order valence-electron chi connectivity index (χ3n) is 2.77. The summed E-state index contributed by atoms with van der Waals surface area (Å²) in [6.07, 6.45) is 1.73. The summed E-state index contributed by atoms with van der Waals surface area (Å²) in [5.41, 5.74) is -0.330. The molecule has 0 amide bonds. The lowest BCUT2D eigenvalue weighted by molar-refractivity contribution is -0.133. The van der Waals surface area contributed by atoms with Gasteiger partial charge in [0.05, 0.1) is 0 Å². The van der Waals surface area contributed by atoms with E-state index in [1.165, 1.54) is 0 Å². The van der Waals surface area contributed by atoms with E-state index in [9.17, 15) is 9.90 Å². The number of hydrogen-bond acceptors (Lipinski definition) is 2. The van der Waals surface area contributed by atoms with E-state index in [1.54, 1.807) is 0 Å². The van der Waals surface area contributed by atoms with E-state index >= 15 is 0 Å². The molecule has 0 aromatic heterocycles. The van der Waals surface area contributed by atoms with Gasteiger partial charge in [0, 0.05) is 6.42 Å². The van der Waals surface area contributed by atoms with Crippen molar-refractivity contribution in [2.45, 2.75) is 60.0 Å². The molecule has 1 atom stereocenters. The predicted octanol–water partition coefficient (Wildman–Crippen LogP) is 2.79. The lowest BCUT2D eigenvalue weighted by Gasteiger charge is -2.25. The molecule has 0 spiro atoms. The van der Waals surface area contributed by atoms with Crippen LogP contribution >= 0.6 is 0 Å². The fourth-order valence-corrected chi connectivity index (χ4v) is 1.46. The van der Waals surface area contributed by atoms with Crippen LogP contribution in [0.3, 0.4) is 0 Å². The molecule has 0 aliphatic rings. The van der Waals surface area contributed by atoms with Crippen LogP contribution in [0.15, 0.2) is 0 Å². The number of aliphatic hydroxyl groups excluding tert-OH is 1. The molecule has 14 heavy (non-hydrogen) atoms. The van der Waals surface area contributed by atoms with Crippen LogP contribution in [0, 0.1) is 11.3 Å². The Hall–Kier alpha value is -0.370. The van der Waals surface area contributed by atoms with Crippen molar-refractivity contribution in [3.63, 3.8) is 0 Å². The molecule has 0 saturated carbocycles. The number of ketones is 1. The Morgan fingerprint density at radius 3 is 1.93 bits per heavy atom. The molecule has 0 aliphatic heterocycles. The minimum atomic E-state index is -0.817. The molecule has 0 rings (SSSR count). The molecule has 0 bridgehead atoms. The van der Waals surface area contributed by atoms with Gasteiger partial charge in [-0.3, -0.25) is 4.79 Å². The largest absolute Gasteiger partial charge is 0.385 e. The maximum atomic E-state index is 11.7. The van der Waals surface area contributed by atoms with Crippen LogP contribution in [-0.2, 0) is 4.79 Å². The van der Waals surface area contributed by atoms with E-state index < -0.39 is 6.10 Å². The maximum Gasteiger partial charge on any atom is 0.162 e. The first-order chi connectivity index (χ1) is 6.32. The number of carbonyl (C=O) groups excluding carboxylic acids is 1. The summed E-state index contributed by atoms with van der Waals surface area (Å²) in [6.45, 7) is 9.85. The molecule has 0 radical (unpaired) electrons. The molecule has 2 heteroatoms. The summed E-state index contributed by atoms with van der Waals surface area (Å²) >= 11 is 0. The summed E-state index contributed by atoms with van der Waals surface area (Å²) in [4.78, 5) is 11.7. The van der Waals surface area contributed by atoms with E-state index in [0.29, 0.717) is 12.3 Å². The van der Waals surface area contributed by atoms with Crippen molar-refractivity contribution < 1.29 is 9.90 Å². The van der Waals surface area contributed by atoms with Crippen LogP contribution in [0.2, 0.25) is 0 Å². The molecule has 1 unspecified atom stereocenters. The first kappa shape index (κ1) is 13.6. The van der Waals surface area contributed by atoms with E-state index in [-0.39, 0.29) is 11.2 Å². The molecule has 0 aromatic carbocycles. The van der Waals surface area contributed by atoms with Gasteiger partial charge in [-0.25, -0.2) is 0 Å². The summed E-state index contributed by atoms with van der Waals surface area (Å²) in [5.74, 6) is 0.422. The number of carbonyl (C=O) groups is 1. The molecule has 1 N–H and O–H groups in total. The first-order valence-electron chi connectivity index (χ1n) is 5.53.